The topological polar surface area (TPSA) is 65.1 Å². The minimum absolute atomic E-state index is 0.113. The van der Waals surface area contributed by atoms with Gasteiger partial charge in [-0.1, -0.05) is 48.5 Å². The molecule has 0 N–H and O–H groups in total. The first-order chi connectivity index (χ1) is 14.2. The highest BCUT2D eigenvalue weighted by Crippen LogP contribution is 2.45. The molecule has 3 saturated heterocycles. The number of benzene rings is 2. The lowest BCUT2D eigenvalue weighted by atomic mass is 9.82. The maximum absolute atomic E-state index is 12.2. The van der Waals surface area contributed by atoms with Gasteiger partial charge in [0.1, 0.15) is 5.75 Å². The van der Waals surface area contributed by atoms with Crippen molar-refractivity contribution in [1.29, 1.82) is 0 Å². The number of fused-ring (bicyclic) bond motifs is 2. The monoisotopic (exact) mass is 391 g/mol. The van der Waals surface area contributed by atoms with Crippen molar-refractivity contribution in [2.24, 2.45) is 5.92 Å². The van der Waals surface area contributed by atoms with Crippen LogP contribution in [0, 0.1) is 5.92 Å². The molecule has 148 valence electrons. The first kappa shape index (κ1) is 17.9. The van der Waals surface area contributed by atoms with E-state index in [0.29, 0.717) is 18.8 Å². The first-order valence-corrected chi connectivity index (χ1v) is 9.86. The number of hydrogen-bond donors (Lipinski definition) is 0. The van der Waals surface area contributed by atoms with Crippen LogP contribution in [0.4, 0.5) is 0 Å². The lowest BCUT2D eigenvalue weighted by Gasteiger charge is -2.54. The molecule has 0 aliphatic carbocycles. The zero-order valence-corrected chi connectivity index (χ0v) is 15.8. The standard InChI is InChI=1S/C23H21NO5/c25-20-10-11-21(26)29-23(28-20)22(17-12-14-24(23)15-13-17)27-19-9-5-4-8-18(19)16-6-2-1-3-7-16/h1-11,17,22H,12-15H2. The molecule has 2 bridgehead atoms. The Hall–Kier alpha value is -3.12. The van der Waals surface area contributed by atoms with Gasteiger partial charge in [0.25, 0.3) is 0 Å². The van der Waals surface area contributed by atoms with Gasteiger partial charge in [-0.3, -0.25) is 0 Å². The molecule has 6 rings (SSSR count). The second-order valence-corrected chi connectivity index (χ2v) is 7.53. The van der Waals surface area contributed by atoms with Gasteiger partial charge in [0.15, 0.2) is 6.10 Å². The summed E-state index contributed by atoms with van der Waals surface area (Å²) in [5.41, 5.74) is 1.96. The predicted octanol–water partition coefficient (Wildman–Crippen LogP) is 3.14. The maximum atomic E-state index is 12.2. The summed E-state index contributed by atoms with van der Waals surface area (Å²) in [5.74, 6) is -1.96. The van der Waals surface area contributed by atoms with Gasteiger partial charge in [-0.05, 0) is 24.5 Å². The number of ether oxygens (including phenoxy) is 3. The largest absolute Gasteiger partial charge is 0.480 e. The molecule has 2 aromatic carbocycles. The summed E-state index contributed by atoms with van der Waals surface area (Å²) in [4.78, 5) is 26.4. The van der Waals surface area contributed by atoms with Crippen LogP contribution in [0.3, 0.4) is 0 Å². The molecule has 1 spiro atoms. The maximum Gasteiger partial charge on any atom is 0.359 e. The van der Waals surface area contributed by atoms with Crippen molar-refractivity contribution in [1.82, 2.24) is 4.90 Å². The summed E-state index contributed by atoms with van der Waals surface area (Å²) in [6.07, 6.45) is 3.39. The highest BCUT2D eigenvalue weighted by atomic mass is 16.8. The number of para-hydroxylation sites is 1. The molecule has 0 amide bonds. The van der Waals surface area contributed by atoms with Gasteiger partial charge in [0.05, 0.1) is 0 Å². The second kappa shape index (κ2) is 7.04. The van der Waals surface area contributed by atoms with Crippen LogP contribution < -0.4 is 4.74 Å². The molecule has 1 atom stereocenters. The Morgan fingerprint density at radius 2 is 1.48 bits per heavy atom. The average molecular weight is 391 g/mol. The molecule has 6 nitrogen and oxygen atoms in total. The summed E-state index contributed by atoms with van der Waals surface area (Å²) in [6, 6.07) is 17.7. The zero-order valence-electron chi connectivity index (χ0n) is 15.8. The fraction of sp³-hybridized carbons (Fsp3) is 0.304. The molecular weight excluding hydrogens is 370 g/mol. The van der Waals surface area contributed by atoms with Crippen molar-refractivity contribution < 1.29 is 23.8 Å². The summed E-state index contributed by atoms with van der Waals surface area (Å²) >= 11 is 0. The van der Waals surface area contributed by atoms with Crippen LogP contribution in [0.25, 0.3) is 11.1 Å². The number of carbonyl (C=O) groups excluding carboxylic acids is 2. The molecule has 2 aromatic rings. The number of hydrogen-bond acceptors (Lipinski definition) is 6. The van der Waals surface area contributed by atoms with Crippen LogP contribution in [0.15, 0.2) is 66.7 Å². The van der Waals surface area contributed by atoms with Gasteiger partial charge >= 0.3 is 17.8 Å². The van der Waals surface area contributed by atoms with E-state index < -0.39 is 24.0 Å². The summed E-state index contributed by atoms with van der Waals surface area (Å²) in [7, 11) is 0. The molecule has 3 fully saturated rings. The predicted molar refractivity (Wildman–Crippen MR) is 105 cm³/mol. The van der Waals surface area contributed by atoms with Crippen LogP contribution >= 0.6 is 0 Å². The SMILES string of the molecule is O=C1C=CC(=O)OC2(O1)C(Oc1ccccc1-c1ccccc1)C1CCN2CC1. The number of esters is 2. The molecule has 4 aliphatic heterocycles. The van der Waals surface area contributed by atoms with Crippen molar-refractivity contribution in [2.75, 3.05) is 13.1 Å². The van der Waals surface area contributed by atoms with Crippen molar-refractivity contribution >= 4 is 11.9 Å². The smallest absolute Gasteiger partial charge is 0.359 e. The molecule has 0 saturated carbocycles. The van der Waals surface area contributed by atoms with Crippen LogP contribution in [-0.2, 0) is 19.1 Å². The molecule has 29 heavy (non-hydrogen) atoms. The normalized spacial score (nSPS) is 27.2. The number of nitrogens with zero attached hydrogens (tertiary/aromatic N) is 1. The van der Waals surface area contributed by atoms with E-state index in [2.05, 4.69) is 0 Å². The molecule has 0 aromatic heterocycles. The third-order valence-electron chi connectivity index (χ3n) is 5.84. The van der Waals surface area contributed by atoms with Gasteiger partial charge < -0.3 is 14.2 Å². The third kappa shape index (κ3) is 3.09. The second-order valence-electron chi connectivity index (χ2n) is 7.53. The van der Waals surface area contributed by atoms with E-state index in [4.69, 9.17) is 14.2 Å². The van der Waals surface area contributed by atoms with Crippen molar-refractivity contribution in [3.63, 3.8) is 0 Å². The zero-order chi connectivity index (χ0) is 19.8. The number of piperidine rings is 3. The minimum atomic E-state index is -1.54. The van der Waals surface area contributed by atoms with E-state index in [-0.39, 0.29) is 5.92 Å². The van der Waals surface area contributed by atoms with Gasteiger partial charge in [0.2, 0.25) is 0 Å². The van der Waals surface area contributed by atoms with E-state index in [1.807, 2.05) is 59.5 Å². The summed E-state index contributed by atoms with van der Waals surface area (Å²) in [6.45, 7) is 1.37. The van der Waals surface area contributed by atoms with Crippen molar-refractivity contribution in [2.45, 2.75) is 24.9 Å². The van der Waals surface area contributed by atoms with E-state index in [1.165, 1.54) is 0 Å². The van der Waals surface area contributed by atoms with Gasteiger partial charge in [-0.15, -0.1) is 0 Å². The van der Waals surface area contributed by atoms with Gasteiger partial charge in [-0.2, -0.15) is 0 Å². The fourth-order valence-corrected chi connectivity index (χ4v) is 4.48. The Morgan fingerprint density at radius 3 is 2.17 bits per heavy atom. The van der Waals surface area contributed by atoms with Crippen LogP contribution in [-0.4, -0.2) is 41.9 Å². The molecule has 1 unspecified atom stereocenters. The Kier molecular flexibility index (Phi) is 4.36. The van der Waals surface area contributed by atoms with E-state index in [0.717, 1.165) is 36.1 Å². The van der Waals surface area contributed by atoms with Crippen molar-refractivity contribution in [3.8, 4) is 16.9 Å². The third-order valence-corrected chi connectivity index (χ3v) is 5.84. The van der Waals surface area contributed by atoms with Gasteiger partial charge in [-0.25, -0.2) is 14.5 Å². The molecule has 0 radical (unpaired) electrons. The van der Waals surface area contributed by atoms with Crippen LogP contribution in [0.2, 0.25) is 0 Å². The Bertz CT molecular complexity index is 942. The summed E-state index contributed by atoms with van der Waals surface area (Å²) in [5, 5.41) is 0. The van der Waals surface area contributed by atoms with E-state index in [1.54, 1.807) is 0 Å². The first-order valence-electron chi connectivity index (χ1n) is 9.86. The fourth-order valence-electron chi connectivity index (χ4n) is 4.48. The van der Waals surface area contributed by atoms with Gasteiger partial charge in [0, 0.05) is 36.7 Å². The average Bonchev–Trinajstić information content (AvgIpc) is 2.90. The van der Waals surface area contributed by atoms with Crippen molar-refractivity contribution in [3.05, 3.63) is 66.7 Å². The molecule has 4 heterocycles. The Balaban J connectivity index is 1.55. The highest BCUT2D eigenvalue weighted by Gasteiger charge is 2.62. The quantitative estimate of drug-likeness (QED) is 0.749. The molecular formula is C23H21NO5. The highest BCUT2D eigenvalue weighted by molar-refractivity contribution is 5.93. The lowest BCUT2D eigenvalue weighted by Crippen LogP contribution is -2.71. The number of carbonyl (C=O) groups is 2. The minimum Gasteiger partial charge on any atom is -0.480 e. The van der Waals surface area contributed by atoms with E-state index in [9.17, 15) is 9.59 Å². The van der Waals surface area contributed by atoms with Crippen LogP contribution in [0.1, 0.15) is 12.8 Å². The molecule has 6 heteroatoms. The number of rotatable bonds is 3. The van der Waals surface area contributed by atoms with E-state index >= 15 is 0 Å². The Labute approximate surface area is 168 Å². The summed E-state index contributed by atoms with van der Waals surface area (Å²) < 4.78 is 17.9. The molecule has 4 aliphatic rings. The Morgan fingerprint density at radius 1 is 0.862 bits per heavy atom. The lowest BCUT2D eigenvalue weighted by molar-refractivity contribution is -0.348. The van der Waals surface area contributed by atoms with Crippen LogP contribution in [0.5, 0.6) is 5.75 Å².